The molecule has 1 N–H and O–H groups in total. The number of aromatic nitrogens is 2. The molecule has 0 radical (unpaired) electrons. The van der Waals surface area contributed by atoms with Crippen LogP contribution in [0, 0.1) is 13.8 Å². The van der Waals surface area contributed by atoms with Gasteiger partial charge in [-0.1, -0.05) is 35.4 Å². The van der Waals surface area contributed by atoms with Gasteiger partial charge in [-0.15, -0.1) is 10.2 Å². The van der Waals surface area contributed by atoms with Gasteiger partial charge in [-0.05, 0) is 49.7 Å². The Kier molecular flexibility index (Phi) is 4.71. The van der Waals surface area contributed by atoms with Crippen molar-refractivity contribution >= 4 is 23.2 Å². The van der Waals surface area contributed by atoms with Gasteiger partial charge in [-0.3, -0.25) is 4.79 Å². The first-order valence-electron chi connectivity index (χ1n) is 8.58. The van der Waals surface area contributed by atoms with E-state index < -0.39 is 0 Å². The molecule has 28 heavy (non-hydrogen) atoms. The summed E-state index contributed by atoms with van der Waals surface area (Å²) >= 11 is 6.51. The maximum Gasteiger partial charge on any atom is 0.283 e. The Morgan fingerprint density at radius 2 is 1.86 bits per heavy atom. The van der Waals surface area contributed by atoms with E-state index in [-0.39, 0.29) is 17.7 Å². The third-order valence-corrected chi connectivity index (χ3v) is 4.68. The molecule has 2 aromatic carbocycles. The van der Waals surface area contributed by atoms with E-state index in [0.717, 1.165) is 11.1 Å². The van der Waals surface area contributed by atoms with E-state index in [9.17, 15) is 4.79 Å². The van der Waals surface area contributed by atoms with Gasteiger partial charge in [0.2, 0.25) is 5.89 Å². The van der Waals surface area contributed by atoms with Crippen molar-refractivity contribution < 1.29 is 13.6 Å². The lowest BCUT2D eigenvalue weighted by Crippen LogP contribution is -2.14. The van der Waals surface area contributed by atoms with E-state index in [4.69, 9.17) is 20.4 Å². The average Bonchev–Trinajstić information content (AvgIpc) is 3.36. The fourth-order valence-corrected chi connectivity index (χ4v) is 3.05. The third-order valence-electron chi connectivity index (χ3n) is 4.27. The number of carbonyl (C=O) groups excluding carboxylic acids is 1. The van der Waals surface area contributed by atoms with Crippen LogP contribution >= 0.6 is 11.6 Å². The lowest BCUT2D eigenvalue weighted by atomic mass is 10.0. The first-order valence-corrected chi connectivity index (χ1v) is 8.95. The van der Waals surface area contributed by atoms with Gasteiger partial charge in [0.1, 0.15) is 0 Å². The summed E-state index contributed by atoms with van der Waals surface area (Å²) in [7, 11) is 0. The Bertz CT molecular complexity index is 1150. The lowest BCUT2D eigenvalue weighted by Gasteiger charge is -2.11. The molecule has 7 heteroatoms. The SMILES string of the molecule is Cc1ccc(C)c(C(=O)Nc2cccc(-c3nnc(-c4ccco4)o3)c2Cl)c1. The molecule has 2 aromatic heterocycles. The molecule has 1 amide bonds. The standard InChI is InChI=1S/C21H16ClN3O3/c1-12-8-9-13(2)15(11-12)19(26)23-16-6-3-5-14(18(16)22)20-24-25-21(28-20)17-7-4-10-27-17/h3-11H,1-2H3,(H,23,26). The molecule has 0 aliphatic heterocycles. The molecule has 2 heterocycles. The van der Waals surface area contributed by atoms with Crippen LogP contribution in [-0.4, -0.2) is 16.1 Å². The Morgan fingerprint density at radius 3 is 2.64 bits per heavy atom. The van der Waals surface area contributed by atoms with Gasteiger partial charge in [0.25, 0.3) is 11.8 Å². The summed E-state index contributed by atoms with van der Waals surface area (Å²) in [5.74, 6) is 0.719. The van der Waals surface area contributed by atoms with E-state index in [1.54, 1.807) is 30.3 Å². The Hall–Kier alpha value is -3.38. The monoisotopic (exact) mass is 393 g/mol. The predicted octanol–water partition coefficient (Wildman–Crippen LogP) is 5.52. The smallest absolute Gasteiger partial charge is 0.283 e. The number of nitrogens with one attached hydrogen (secondary N) is 1. The molecule has 0 saturated heterocycles. The second-order valence-electron chi connectivity index (χ2n) is 6.33. The van der Waals surface area contributed by atoms with Gasteiger partial charge in [0, 0.05) is 5.56 Å². The fraction of sp³-hybridized carbons (Fsp3) is 0.0952. The Labute approximate surface area is 166 Å². The van der Waals surface area contributed by atoms with Gasteiger partial charge >= 0.3 is 0 Å². The number of aryl methyl sites for hydroxylation is 2. The van der Waals surface area contributed by atoms with Crippen molar-refractivity contribution in [2.75, 3.05) is 5.32 Å². The summed E-state index contributed by atoms with van der Waals surface area (Å²) in [5, 5.41) is 11.2. The van der Waals surface area contributed by atoms with Crippen molar-refractivity contribution in [1.82, 2.24) is 10.2 Å². The summed E-state index contributed by atoms with van der Waals surface area (Å²) in [5.41, 5.74) is 3.47. The molecule has 0 atom stereocenters. The van der Waals surface area contributed by atoms with E-state index in [2.05, 4.69) is 15.5 Å². The van der Waals surface area contributed by atoms with E-state index in [1.165, 1.54) is 6.26 Å². The topological polar surface area (TPSA) is 81.2 Å². The van der Waals surface area contributed by atoms with Crippen LogP contribution in [0.1, 0.15) is 21.5 Å². The van der Waals surface area contributed by atoms with Crippen LogP contribution in [0.2, 0.25) is 5.02 Å². The van der Waals surface area contributed by atoms with Crippen LogP contribution in [0.3, 0.4) is 0 Å². The average molecular weight is 394 g/mol. The maximum absolute atomic E-state index is 12.7. The highest BCUT2D eigenvalue weighted by Crippen LogP contribution is 2.34. The van der Waals surface area contributed by atoms with Gasteiger partial charge in [-0.2, -0.15) is 0 Å². The summed E-state index contributed by atoms with van der Waals surface area (Å²) in [6.45, 7) is 3.83. The fourth-order valence-electron chi connectivity index (χ4n) is 2.80. The number of hydrogen-bond acceptors (Lipinski definition) is 5. The maximum atomic E-state index is 12.7. The minimum Gasteiger partial charge on any atom is -0.459 e. The number of halogens is 1. The van der Waals surface area contributed by atoms with E-state index >= 15 is 0 Å². The van der Waals surface area contributed by atoms with Crippen LogP contribution in [0.15, 0.2) is 63.6 Å². The lowest BCUT2D eigenvalue weighted by molar-refractivity contribution is 0.102. The zero-order chi connectivity index (χ0) is 19.7. The minimum absolute atomic E-state index is 0.234. The largest absolute Gasteiger partial charge is 0.459 e. The summed E-state index contributed by atoms with van der Waals surface area (Å²) < 4.78 is 10.9. The molecule has 4 aromatic rings. The molecule has 4 rings (SSSR count). The molecule has 6 nitrogen and oxygen atoms in total. The van der Waals surface area contributed by atoms with Crippen molar-refractivity contribution in [2.24, 2.45) is 0 Å². The molecule has 0 spiro atoms. The van der Waals surface area contributed by atoms with E-state index in [1.807, 2.05) is 32.0 Å². The number of carbonyl (C=O) groups is 1. The van der Waals surface area contributed by atoms with Crippen molar-refractivity contribution in [2.45, 2.75) is 13.8 Å². The second kappa shape index (κ2) is 7.32. The molecule has 0 aliphatic rings. The molecule has 0 saturated carbocycles. The summed E-state index contributed by atoms with van der Waals surface area (Å²) in [6, 6.07) is 14.4. The second-order valence-corrected chi connectivity index (χ2v) is 6.71. The number of hydrogen-bond donors (Lipinski definition) is 1. The highest BCUT2D eigenvalue weighted by atomic mass is 35.5. The first kappa shape index (κ1) is 18.0. The van der Waals surface area contributed by atoms with Crippen LogP contribution in [-0.2, 0) is 0 Å². The first-order chi connectivity index (χ1) is 13.5. The molecule has 0 unspecified atom stereocenters. The Balaban J connectivity index is 1.64. The van der Waals surface area contributed by atoms with Crippen LogP contribution in [0.4, 0.5) is 5.69 Å². The molecular weight excluding hydrogens is 378 g/mol. The molecule has 0 aliphatic carbocycles. The van der Waals surface area contributed by atoms with Crippen LogP contribution < -0.4 is 5.32 Å². The van der Waals surface area contributed by atoms with Crippen molar-refractivity contribution in [3.05, 3.63) is 76.5 Å². The molecule has 140 valence electrons. The minimum atomic E-state index is -0.234. The summed E-state index contributed by atoms with van der Waals surface area (Å²) in [6.07, 6.45) is 1.52. The number of nitrogens with zero attached hydrogens (tertiary/aromatic N) is 2. The van der Waals surface area contributed by atoms with Gasteiger partial charge in [0.05, 0.1) is 22.5 Å². The number of anilines is 1. The third kappa shape index (κ3) is 3.42. The van der Waals surface area contributed by atoms with Gasteiger partial charge < -0.3 is 14.2 Å². The van der Waals surface area contributed by atoms with Crippen LogP contribution in [0.5, 0.6) is 0 Å². The zero-order valence-corrected chi connectivity index (χ0v) is 15.9. The number of furan rings is 1. The summed E-state index contributed by atoms with van der Waals surface area (Å²) in [4.78, 5) is 12.7. The Morgan fingerprint density at radius 1 is 1.04 bits per heavy atom. The van der Waals surface area contributed by atoms with Gasteiger partial charge in [0.15, 0.2) is 5.76 Å². The van der Waals surface area contributed by atoms with Crippen molar-refractivity contribution in [3.8, 4) is 23.1 Å². The number of rotatable bonds is 4. The predicted molar refractivity (Wildman–Crippen MR) is 106 cm³/mol. The molecular formula is C21H16ClN3O3. The van der Waals surface area contributed by atoms with Crippen molar-refractivity contribution in [3.63, 3.8) is 0 Å². The number of amides is 1. The molecule has 0 bridgehead atoms. The van der Waals surface area contributed by atoms with Gasteiger partial charge in [-0.25, -0.2) is 0 Å². The zero-order valence-electron chi connectivity index (χ0n) is 15.2. The highest BCUT2D eigenvalue weighted by molar-refractivity contribution is 6.36. The quantitative estimate of drug-likeness (QED) is 0.493. The normalized spacial score (nSPS) is 10.8. The molecule has 0 fully saturated rings. The number of benzene rings is 2. The van der Waals surface area contributed by atoms with Crippen LogP contribution in [0.25, 0.3) is 23.1 Å². The van der Waals surface area contributed by atoms with Crippen molar-refractivity contribution in [1.29, 1.82) is 0 Å². The highest BCUT2D eigenvalue weighted by Gasteiger charge is 2.18. The van der Waals surface area contributed by atoms with E-state index in [0.29, 0.717) is 27.6 Å².